The van der Waals surface area contributed by atoms with Crippen LogP contribution in [0.3, 0.4) is 0 Å². The summed E-state index contributed by atoms with van der Waals surface area (Å²) in [6, 6.07) is 1.94. The van der Waals surface area contributed by atoms with E-state index < -0.39 is 0 Å². The molecule has 1 atom stereocenters. The van der Waals surface area contributed by atoms with Gasteiger partial charge >= 0.3 is 0 Å². The second-order valence-corrected chi connectivity index (χ2v) is 4.73. The van der Waals surface area contributed by atoms with E-state index in [1.807, 2.05) is 7.05 Å². The summed E-state index contributed by atoms with van der Waals surface area (Å²) in [4.78, 5) is 14.2. The molecule has 0 spiro atoms. The second kappa shape index (κ2) is 6.68. The topological polar surface area (TPSA) is 59.4 Å². The minimum atomic E-state index is -0.0438. The summed E-state index contributed by atoms with van der Waals surface area (Å²) in [6.07, 6.45) is 2.74. The predicted octanol–water partition coefficient (Wildman–Crippen LogP) is 0.0779. The minimum Gasteiger partial charge on any atom is -0.378 e. The van der Waals surface area contributed by atoms with Gasteiger partial charge in [0.1, 0.15) is 0 Å². The zero-order chi connectivity index (χ0) is 13.7. The van der Waals surface area contributed by atoms with Gasteiger partial charge < -0.3 is 15.0 Å². The number of rotatable bonds is 5. The molecule has 1 unspecified atom stereocenters. The van der Waals surface area contributed by atoms with Gasteiger partial charge in [0.05, 0.1) is 31.6 Å². The summed E-state index contributed by atoms with van der Waals surface area (Å²) in [5, 5.41) is 7.45. The number of aromatic nitrogens is 2. The van der Waals surface area contributed by atoms with Crippen LogP contribution in [0.4, 0.5) is 5.69 Å². The fraction of sp³-hybridized carbons (Fsp3) is 0.692. The summed E-state index contributed by atoms with van der Waals surface area (Å²) < 4.78 is 6.83. The van der Waals surface area contributed by atoms with E-state index in [0.29, 0.717) is 19.8 Å². The van der Waals surface area contributed by atoms with Crippen molar-refractivity contribution in [3.63, 3.8) is 0 Å². The Balaban J connectivity index is 2.10. The van der Waals surface area contributed by atoms with Crippen LogP contribution in [0.2, 0.25) is 0 Å². The smallest absolute Gasteiger partial charge is 0.268 e. The molecule has 0 aliphatic carbocycles. The van der Waals surface area contributed by atoms with Gasteiger partial charge in [-0.15, -0.1) is 0 Å². The van der Waals surface area contributed by atoms with Crippen LogP contribution in [0.1, 0.15) is 13.3 Å². The molecular weight excluding hydrogens is 244 g/mol. The Morgan fingerprint density at radius 3 is 2.79 bits per heavy atom. The van der Waals surface area contributed by atoms with E-state index in [2.05, 4.69) is 22.2 Å². The lowest BCUT2D eigenvalue weighted by Gasteiger charge is -2.28. The van der Waals surface area contributed by atoms with E-state index in [-0.39, 0.29) is 11.6 Å². The summed E-state index contributed by atoms with van der Waals surface area (Å²) in [5.74, 6) is 0. The van der Waals surface area contributed by atoms with Crippen LogP contribution in [-0.4, -0.2) is 49.2 Å². The molecule has 0 amide bonds. The van der Waals surface area contributed by atoms with Crippen LogP contribution in [0.5, 0.6) is 0 Å². The molecule has 2 heterocycles. The molecule has 19 heavy (non-hydrogen) atoms. The average Bonchev–Trinajstić information content (AvgIpc) is 2.47. The summed E-state index contributed by atoms with van der Waals surface area (Å²) in [6.45, 7) is 5.75. The molecular formula is C13H22N4O2. The number of ether oxygens (including phenoxy) is 1. The lowest BCUT2D eigenvalue weighted by molar-refractivity contribution is 0.122. The van der Waals surface area contributed by atoms with Gasteiger partial charge in [0.25, 0.3) is 5.56 Å². The summed E-state index contributed by atoms with van der Waals surface area (Å²) >= 11 is 0. The molecule has 6 heteroatoms. The van der Waals surface area contributed by atoms with Crippen molar-refractivity contribution < 1.29 is 4.74 Å². The quantitative estimate of drug-likeness (QED) is 0.818. The van der Waals surface area contributed by atoms with Crippen molar-refractivity contribution in [2.45, 2.75) is 25.9 Å². The minimum absolute atomic E-state index is 0.0438. The van der Waals surface area contributed by atoms with E-state index in [1.54, 1.807) is 12.3 Å². The highest BCUT2D eigenvalue weighted by Gasteiger charge is 2.13. The Hall–Kier alpha value is -1.40. The van der Waals surface area contributed by atoms with E-state index in [4.69, 9.17) is 4.74 Å². The molecule has 6 nitrogen and oxygen atoms in total. The lowest BCUT2D eigenvalue weighted by Crippen LogP contribution is -2.39. The number of anilines is 1. The van der Waals surface area contributed by atoms with Crippen molar-refractivity contribution in [3.8, 4) is 0 Å². The van der Waals surface area contributed by atoms with Crippen LogP contribution in [-0.2, 0) is 11.3 Å². The molecule has 1 aliphatic rings. The molecule has 1 aromatic heterocycles. The van der Waals surface area contributed by atoms with Crippen LogP contribution >= 0.6 is 0 Å². The van der Waals surface area contributed by atoms with E-state index in [9.17, 15) is 4.79 Å². The highest BCUT2D eigenvalue weighted by molar-refractivity contribution is 5.43. The average molecular weight is 266 g/mol. The molecule has 1 fully saturated rings. The summed E-state index contributed by atoms with van der Waals surface area (Å²) in [5.41, 5.74) is 0.847. The SMILES string of the molecule is CCC(Cn1ncc(N2CCOCC2)cc1=O)NC. The van der Waals surface area contributed by atoms with E-state index >= 15 is 0 Å². The molecule has 1 saturated heterocycles. The van der Waals surface area contributed by atoms with Crippen molar-refractivity contribution in [3.05, 3.63) is 22.6 Å². The fourth-order valence-corrected chi connectivity index (χ4v) is 2.19. The van der Waals surface area contributed by atoms with Crippen LogP contribution in [0, 0.1) is 0 Å². The van der Waals surface area contributed by atoms with Gasteiger partial charge in [-0.1, -0.05) is 6.92 Å². The number of hydrogen-bond acceptors (Lipinski definition) is 5. The molecule has 0 saturated carbocycles. The Morgan fingerprint density at radius 1 is 1.47 bits per heavy atom. The molecule has 1 aliphatic heterocycles. The van der Waals surface area contributed by atoms with Crippen molar-refractivity contribution in [1.82, 2.24) is 15.1 Å². The largest absolute Gasteiger partial charge is 0.378 e. The maximum atomic E-state index is 12.1. The molecule has 0 radical (unpaired) electrons. The Morgan fingerprint density at radius 2 is 2.21 bits per heavy atom. The van der Waals surface area contributed by atoms with Gasteiger partial charge in [0.2, 0.25) is 0 Å². The monoisotopic (exact) mass is 266 g/mol. The van der Waals surface area contributed by atoms with Gasteiger partial charge in [0, 0.05) is 25.2 Å². The Kier molecular flexibility index (Phi) is 4.93. The van der Waals surface area contributed by atoms with Crippen molar-refractivity contribution >= 4 is 5.69 Å². The van der Waals surface area contributed by atoms with E-state index in [1.165, 1.54) is 4.68 Å². The first-order valence-electron chi connectivity index (χ1n) is 6.81. The van der Waals surface area contributed by atoms with Crippen LogP contribution < -0.4 is 15.8 Å². The fourth-order valence-electron chi connectivity index (χ4n) is 2.19. The first-order valence-corrected chi connectivity index (χ1v) is 6.81. The standard InChI is InChI=1S/C13H22N4O2/c1-3-11(14-2)10-17-13(18)8-12(9-15-17)16-4-6-19-7-5-16/h8-9,11,14H,3-7,10H2,1-2H3. The van der Waals surface area contributed by atoms with Crippen molar-refractivity contribution in [1.29, 1.82) is 0 Å². The highest BCUT2D eigenvalue weighted by atomic mass is 16.5. The number of likely N-dealkylation sites (N-methyl/N-ethyl adjacent to an activating group) is 1. The Bertz CT molecular complexity index is 450. The summed E-state index contributed by atoms with van der Waals surface area (Å²) in [7, 11) is 1.90. The molecule has 0 bridgehead atoms. The number of nitrogens with one attached hydrogen (secondary N) is 1. The third kappa shape index (κ3) is 3.54. The van der Waals surface area contributed by atoms with Crippen LogP contribution in [0.25, 0.3) is 0 Å². The van der Waals surface area contributed by atoms with Gasteiger partial charge in [-0.25, -0.2) is 4.68 Å². The second-order valence-electron chi connectivity index (χ2n) is 4.73. The first-order chi connectivity index (χ1) is 9.24. The first kappa shape index (κ1) is 14.0. The molecule has 1 N–H and O–H groups in total. The molecule has 0 aromatic carbocycles. The zero-order valence-electron chi connectivity index (χ0n) is 11.6. The predicted molar refractivity (Wildman–Crippen MR) is 74.7 cm³/mol. The number of morpholine rings is 1. The van der Waals surface area contributed by atoms with Crippen molar-refractivity contribution in [2.24, 2.45) is 0 Å². The molecule has 106 valence electrons. The molecule has 2 rings (SSSR count). The van der Waals surface area contributed by atoms with Gasteiger partial charge in [0.15, 0.2) is 0 Å². The number of hydrogen-bond donors (Lipinski definition) is 1. The molecule has 1 aromatic rings. The normalized spacial score (nSPS) is 17.5. The third-order valence-electron chi connectivity index (χ3n) is 3.53. The van der Waals surface area contributed by atoms with Gasteiger partial charge in [-0.2, -0.15) is 5.10 Å². The lowest BCUT2D eigenvalue weighted by atomic mass is 10.2. The zero-order valence-corrected chi connectivity index (χ0v) is 11.6. The van der Waals surface area contributed by atoms with Gasteiger partial charge in [-0.3, -0.25) is 4.79 Å². The van der Waals surface area contributed by atoms with Crippen LogP contribution in [0.15, 0.2) is 17.1 Å². The third-order valence-corrected chi connectivity index (χ3v) is 3.53. The van der Waals surface area contributed by atoms with Crippen molar-refractivity contribution in [2.75, 3.05) is 38.3 Å². The Labute approximate surface area is 113 Å². The van der Waals surface area contributed by atoms with Gasteiger partial charge in [-0.05, 0) is 13.5 Å². The highest BCUT2D eigenvalue weighted by Crippen LogP contribution is 2.11. The van der Waals surface area contributed by atoms with E-state index in [0.717, 1.165) is 25.2 Å². The maximum Gasteiger partial charge on any atom is 0.268 e. The number of nitrogens with zero attached hydrogens (tertiary/aromatic N) is 3. The maximum absolute atomic E-state index is 12.1.